The highest BCUT2D eigenvalue weighted by Crippen LogP contribution is 2.40. The summed E-state index contributed by atoms with van der Waals surface area (Å²) in [5, 5.41) is 0. The molecule has 174 valence electrons. The molecule has 0 bridgehead atoms. The number of allylic oxidation sites excluding steroid dienone is 4. The minimum atomic E-state index is -1.29. The molecule has 3 unspecified atom stereocenters. The number of halogens is 1. The standard InChI is InChI=1S/C26H29FN2O3S/c1-18(20-10-13-23-24(16-20)33(31)26(2,3)32-23)29(17-22-6-4-5-15-28-22)25(30)14-9-19-7-11-21(27)12-8-19/h4-7,10-13,15-16,18-19H,8-9,14,17H2,1-3H3. The number of hydrogen-bond donors (Lipinski definition) is 0. The molecule has 1 aliphatic heterocycles. The number of nitrogens with zero attached hydrogens (tertiary/aromatic N) is 2. The van der Waals surface area contributed by atoms with Gasteiger partial charge in [-0.1, -0.05) is 18.2 Å². The van der Waals surface area contributed by atoms with Gasteiger partial charge in [-0.15, -0.1) is 0 Å². The number of amides is 1. The average Bonchev–Trinajstić information content (AvgIpc) is 3.04. The van der Waals surface area contributed by atoms with E-state index in [2.05, 4.69) is 4.98 Å². The van der Waals surface area contributed by atoms with E-state index in [1.54, 1.807) is 12.3 Å². The third-order valence-electron chi connectivity index (χ3n) is 6.17. The number of benzene rings is 1. The van der Waals surface area contributed by atoms with Crippen molar-refractivity contribution in [1.29, 1.82) is 0 Å². The Kier molecular flexibility index (Phi) is 6.79. The average molecular weight is 469 g/mol. The van der Waals surface area contributed by atoms with E-state index in [-0.39, 0.29) is 23.7 Å². The van der Waals surface area contributed by atoms with Crippen LogP contribution in [0.15, 0.2) is 71.5 Å². The highest BCUT2D eigenvalue weighted by atomic mass is 32.2. The van der Waals surface area contributed by atoms with Gasteiger partial charge in [0.05, 0.1) is 23.2 Å². The summed E-state index contributed by atoms with van der Waals surface area (Å²) in [5.74, 6) is 0.572. The van der Waals surface area contributed by atoms with Gasteiger partial charge in [0.15, 0.2) is 4.93 Å². The molecule has 7 heteroatoms. The second-order valence-corrected chi connectivity index (χ2v) is 10.9. The van der Waals surface area contributed by atoms with Crippen molar-refractivity contribution in [3.05, 3.63) is 77.9 Å². The smallest absolute Gasteiger partial charge is 0.223 e. The van der Waals surface area contributed by atoms with Crippen molar-refractivity contribution >= 4 is 16.7 Å². The van der Waals surface area contributed by atoms with Crippen molar-refractivity contribution in [3.63, 3.8) is 0 Å². The van der Waals surface area contributed by atoms with Crippen LogP contribution >= 0.6 is 0 Å². The van der Waals surface area contributed by atoms with E-state index in [4.69, 9.17) is 4.74 Å². The lowest BCUT2D eigenvalue weighted by Crippen LogP contribution is -2.33. The number of ether oxygens (including phenoxy) is 1. The lowest BCUT2D eigenvalue weighted by molar-refractivity contribution is -0.134. The Hall–Kier alpha value is -2.80. The van der Waals surface area contributed by atoms with Gasteiger partial charge in [-0.3, -0.25) is 14.0 Å². The van der Waals surface area contributed by atoms with Crippen molar-refractivity contribution in [1.82, 2.24) is 9.88 Å². The van der Waals surface area contributed by atoms with Crippen LogP contribution in [-0.4, -0.2) is 24.9 Å². The molecule has 0 spiro atoms. The molecule has 4 rings (SSSR count). The zero-order chi connectivity index (χ0) is 23.6. The predicted octanol–water partition coefficient (Wildman–Crippen LogP) is 5.62. The number of rotatable bonds is 7. The number of carbonyl (C=O) groups excluding carboxylic acids is 1. The molecule has 0 fully saturated rings. The normalized spacial score (nSPS) is 21.6. The first-order chi connectivity index (χ1) is 15.7. The minimum absolute atomic E-state index is 0.00905. The van der Waals surface area contributed by atoms with Crippen LogP contribution in [0.2, 0.25) is 0 Å². The molecule has 2 aromatic rings. The first-order valence-electron chi connectivity index (χ1n) is 11.2. The summed E-state index contributed by atoms with van der Waals surface area (Å²) in [6.07, 6.45) is 8.22. The minimum Gasteiger partial charge on any atom is -0.473 e. The van der Waals surface area contributed by atoms with E-state index < -0.39 is 15.7 Å². The molecule has 2 aliphatic rings. The van der Waals surface area contributed by atoms with Gasteiger partial charge in [-0.2, -0.15) is 0 Å². The Morgan fingerprint density at radius 2 is 2.15 bits per heavy atom. The second kappa shape index (κ2) is 9.59. The van der Waals surface area contributed by atoms with Gasteiger partial charge < -0.3 is 9.64 Å². The Bertz CT molecular complexity index is 1110. The maximum absolute atomic E-state index is 13.4. The van der Waals surface area contributed by atoms with Gasteiger partial charge in [0, 0.05) is 12.6 Å². The van der Waals surface area contributed by atoms with Crippen molar-refractivity contribution in [2.24, 2.45) is 5.92 Å². The molecule has 0 radical (unpaired) electrons. The number of aromatic nitrogens is 1. The number of pyridine rings is 1. The summed E-state index contributed by atoms with van der Waals surface area (Å²) in [7, 11) is -1.29. The molecule has 1 aromatic carbocycles. The fourth-order valence-corrected chi connectivity index (χ4v) is 5.40. The Morgan fingerprint density at radius 3 is 2.85 bits per heavy atom. The predicted molar refractivity (Wildman–Crippen MR) is 126 cm³/mol. The molecule has 33 heavy (non-hydrogen) atoms. The van der Waals surface area contributed by atoms with Gasteiger partial charge in [-0.05, 0) is 81.5 Å². The van der Waals surface area contributed by atoms with Crippen molar-refractivity contribution in [2.75, 3.05) is 0 Å². The number of hydrogen-bond acceptors (Lipinski definition) is 4. The summed E-state index contributed by atoms with van der Waals surface area (Å²) < 4.78 is 31.9. The highest BCUT2D eigenvalue weighted by molar-refractivity contribution is 7.86. The third kappa shape index (κ3) is 5.24. The highest BCUT2D eigenvalue weighted by Gasteiger charge is 2.39. The van der Waals surface area contributed by atoms with Crippen LogP contribution in [0.5, 0.6) is 5.75 Å². The molecular weight excluding hydrogens is 439 g/mol. The lowest BCUT2D eigenvalue weighted by Gasteiger charge is -2.30. The van der Waals surface area contributed by atoms with Crippen LogP contribution < -0.4 is 4.74 Å². The SMILES string of the molecule is CC(c1ccc2c(c1)S(=O)C(C)(C)O2)N(Cc1ccccn1)C(=O)CCC1C=CC(F)=CC1. The van der Waals surface area contributed by atoms with E-state index in [1.807, 2.05) is 68.1 Å². The maximum atomic E-state index is 13.4. The second-order valence-electron chi connectivity index (χ2n) is 8.98. The maximum Gasteiger partial charge on any atom is 0.223 e. The molecule has 0 N–H and O–H groups in total. The molecular formula is C26H29FN2O3S. The zero-order valence-corrected chi connectivity index (χ0v) is 20.0. The van der Waals surface area contributed by atoms with Crippen molar-refractivity contribution in [3.8, 4) is 5.75 Å². The lowest BCUT2D eigenvalue weighted by atomic mass is 9.94. The topological polar surface area (TPSA) is 59.5 Å². The molecule has 1 aliphatic carbocycles. The first kappa shape index (κ1) is 23.4. The molecule has 1 amide bonds. The Balaban J connectivity index is 1.54. The molecule has 2 heterocycles. The largest absolute Gasteiger partial charge is 0.473 e. The van der Waals surface area contributed by atoms with Gasteiger partial charge >= 0.3 is 0 Å². The molecule has 3 atom stereocenters. The van der Waals surface area contributed by atoms with E-state index in [0.29, 0.717) is 36.5 Å². The van der Waals surface area contributed by atoms with Crippen LogP contribution in [0.25, 0.3) is 0 Å². The fourth-order valence-electron chi connectivity index (χ4n) is 4.17. The summed E-state index contributed by atoms with van der Waals surface area (Å²) in [6, 6.07) is 11.1. The fraction of sp³-hybridized carbons (Fsp3) is 0.385. The molecule has 0 saturated heterocycles. The van der Waals surface area contributed by atoms with Crippen LogP contribution in [0.1, 0.15) is 57.3 Å². The monoisotopic (exact) mass is 468 g/mol. The number of carbonyl (C=O) groups is 1. The van der Waals surface area contributed by atoms with Crippen LogP contribution in [0, 0.1) is 5.92 Å². The molecule has 0 saturated carbocycles. The Morgan fingerprint density at radius 1 is 1.33 bits per heavy atom. The molecule has 5 nitrogen and oxygen atoms in total. The quantitative estimate of drug-likeness (QED) is 0.529. The van der Waals surface area contributed by atoms with E-state index in [9.17, 15) is 13.4 Å². The summed E-state index contributed by atoms with van der Waals surface area (Å²) in [6.45, 7) is 5.97. The zero-order valence-electron chi connectivity index (χ0n) is 19.2. The first-order valence-corrected chi connectivity index (χ1v) is 12.4. The van der Waals surface area contributed by atoms with E-state index in [0.717, 1.165) is 11.3 Å². The number of fused-ring (bicyclic) bond motifs is 1. The third-order valence-corrected chi connectivity index (χ3v) is 7.87. The Labute approximate surface area is 196 Å². The van der Waals surface area contributed by atoms with Crippen LogP contribution in [0.4, 0.5) is 4.39 Å². The van der Waals surface area contributed by atoms with Crippen molar-refractivity contribution < 1.29 is 18.1 Å². The van der Waals surface area contributed by atoms with Gasteiger partial charge in [0.1, 0.15) is 22.4 Å². The van der Waals surface area contributed by atoms with E-state index in [1.165, 1.54) is 6.08 Å². The van der Waals surface area contributed by atoms with Crippen LogP contribution in [-0.2, 0) is 22.1 Å². The van der Waals surface area contributed by atoms with Gasteiger partial charge in [0.2, 0.25) is 5.91 Å². The van der Waals surface area contributed by atoms with Gasteiger partial charge in [0.25, 0.3) is 0 Å². The van der Waals surface area contributed by atoms with Crippen molar-refractivity contribution in [2.45, 2.75) is 62.4 Å². The van der Waals surface area contributed by atoms with Gasteiger partial charge in [-0.25, -0.2) is 4.39 Å². The summed E-state index contributed by atoms with van der Waals surface area (Å²) >= 11 is 0. The summed E-state index contributed by atoms with van der Waals surface area (Å²) in [5.41, 5.74) is 1.70. The molecule has 1 aromatic heterocycles. The summed E-state index contributed by atoms with van der Waals surface area (Å²) in [4.78, 5) is 19.5. The van der Waals surface area contributed by atoms with E-state index >= 15 is 0 Å². The van der Waals surface area contributed by atoms with Crippen LogP contribution in [0.3, 0.4) is 0 Å².